The quantitative estimate of drug-likeness (QED) is 0.238. The van der Waals surface area contributed by atoms with E-state index in [-0.39, 0.29) is 6.04 Å². The maximum atomic E-state index is 5.93. The predicted octanol–water partition coefficient (Wildman–Crippen LogP) is 6.48. The van der Waals surface area contributed by atoms with Crippen LogP contribution in [0, 0.1) is 0 Å². The minimum atomic E-state index is 0.123. The zero-order valence-corrected chi connectivity index (χ0v) is 21.6. The number of hydrogen-bond acceptors (Lipinski definition) is 8. The summed E-state index contributed by atoms with van der Waals surface area (Å²) >= 11 is 1.64. The van der Waals surface area contributed by atoms with Crippen molar-refractivity contribution in [1.29, 1.82) is 0 Å². The highest BCUT2D eigenvalue weighted by atomic mass is 32.1. The monoisotopic (exact) mass is 500 g/mol. The van der Waals surface area contributed by atoms with Crippen LogP contribution in [0.15, 0.2) is 71.1 Å². The Labute approximate surface area is 216 Å². The fourth-order valence-corrected chi connectivity index (χ4v) is 5.22. The molecule has 5 rings (SSSR count). The molecule has 0 bridgehead atoms. The van der Waals surface area contributed by atoms with Crippen molar-refractivity contribution in [2.45, 2.75) is 32.7 Å². The first-order valence-electron chi connectivity index (χ1n) is 12.6. The molecule has 4 aromatic rings. The van der Waals surface area contributed by atoms with Gasteiger partial charge in [0.1, 0.15) is 5.75 Å². The van der Waals surface area contributed by atoms with Crippen LogP contribution in [0.2, 0.25) is 0 Å². The molecule has 0 saturated heterocycles. The lowest BCUT2D eigenvalue weighted by molar-refractivity contribution is 0.249. The van der Waals surface area contributed by atoms with Gasteiger partial charge in [-0.3, -0.25) is 0 Å². The predicted molar refractivity (Wildman–Crippen MR) is 150 cm³/mol. The van der Waals surface area contributed by atoms with Crippen molar-refractivity contribution in [3.63, 3.8) is 0 Å². The number of nitrogens with zero attached hydrogens (tertiary/aromatic N) is 5. The SMILES string of the molecule is CCN(CC)CCCOc1ccc(Nc2nc(N3N=CCC3c3ccccc3)c3sccc3n2)cc1. The van der Waals surface area contributed by atoms with E-state index in [1.165, 1.54) is 5.56 Å². The van der Waals surface area contributed by atoms with Gasteiger partial charge in [0.2, 0.25) is 5.95 Å². The Balaban J connectivity index is 1.29. The van der Waals surface area contributed by atoms with E-state index < -0.39 is 0 Å². The van der Waals surface area contributed by atoms with E-state index in [2.05, 4.69) is 58.8 Å². The summed E-state index contributed by atoms with van der Waals surface area (Å²) < 4.78 is 6.97. The lowest BCUT2D eigenvalue weighted by atomic mass is 10.0. The highest BCUT2D eigenvalue weighted by Crippen LogP contribution is 2.38. The Kier molecular flexibility index (Phi) is 7.73. The summed E-state index contributed by atoms with van der Waals surface area (Å²) in [6.45, 7) is 8.31. The molecule has 0 saturated carbocycles. The number of aromatic nitrogens is 2. The standard InChI is InChI=1S/C28H32N6OS/c1-3-33(4-2)18-8-19-35-23-13-11-22(12-14-23)30-28-31-24-16-20-36-26(24)27(32-28)34-25(15-17-29-34)21-9-6-5-7-10-21/h5-7,9-14,16-17,20,25H,3-4,8,15,18-19H2,1-2H3,(H,30,31,32). The maximum absolute atomic E-state index is 5.93. The molecule has 3 heterocycles. The molecule has 1 unspecified atom stereocenters. The van der Waals surface area contributed by atoms with E-state index in [0.717, 1.165) is 59.9 Å². The Morgan fingerprint density at radius 3 is 2.61 bits per heavy atom. The molecule has 1 aliphatic heterocycles. The van der Waals surface area contributed by atoms with Gasteiger partial charge in [0, 0.05) is 24.9 Å². The van der Waals surface area contributed by atoms with Gasteiger partial charge in [-0.05, 0) is 60.8 Å². The van der Waals surface area contributed by atoms with Crippen molar-refractivity contribution in [1.82, 2.24) is 14.9 Å². The van der Waals surface area contributed by atoms with Crippen LogP contribution in [0.3, 0.4) is 0 Å². The van der Waals surface area contributed by atoms with E-state index in [9.17, 15) is 0 Å². The van der Waals surface area contributed by atoms with E-state index in [4.69, 9.17) is 14.7 Å². The average Bonchev–Trinajstić information content (AvgIpc) is 3.60. The number of rotatable bonds is 11. The van der Waals surface area contributed by atoms with E-state index >= 15 is 0 Å². The van der Waals surface area contributed by atoms with E-state index in [1.54, 1.807) is 11.3 Å². The normalized spacial score (nSPS) is 15.2. The molecule has 8 heteroatoms. The fraction of sp³-hybridized carbons (Fsp3) is 0.321. The highest BCUT2D eigenvalue weighted by molar-refractivity contribution is 7.17. The summed E-state index contributed by atoms with van der Waals surface area (Å²) in [5, 5.41) is 12.1. The first-order valence-corrected chi connectivity index (χ1v) is 13.5. The van der Waals surface area contributed by atoms with Crippen LogP contribution in [0.4, 0.5) is 17.5 Å². The van der Waals surface area contributed by atoms with Gasteiger partial charge in [-0.25, -0.2) is 9.99 Å². The third kappa shape index (κ3) is 5.50. The molecule has 0 radical (unpaired) electrons. The smallest absolute Gasteiger partial charge is 0.229 e. The summed E-state index contributed by atoms with van der Waals surface area (Å²) in [6.07, 6.45) is 3.83. The molecule has 1 aliphatic rings. The molecule has 1 N–H and O–H groups in total. The second-order valence-corrected chi connectivity index (χ2v) is 9.60. The number of thiophene rings is 1. The largest absolute Gasteiger partial charge is 0.494 e. The van der Waals surface area contributed by atoms with Crippen LogP contribution < -0.4 is 15.1 Å². The Morgan fingerprint density at radius 1 is 1.03 bits per heavy atom. The number of ether oxygens (including phenoxy) is 1. The van der Waals surface area contributed by atoms with Gasteiger partial charge in [0.25, 0.3) is 0 Å². The molecule has 2 aromatic carbocycles. The van der Waals surface area contributed by atoms with Crippen LogP contribution in [-0.2, 0) is 0 Å². The molecule has 0 fully saturated rings. The molecule has 1 atom stereocenters. The van der Waals surface area contributed by atoms with Crippen LogP contribution >= 0.6 is 11.3 Å². The molecule has 186 valence electrons. The zero-order chi connectivity index (χ0) is 24.7. The second-order valence-electron chi connectivity index (χ2n) is 8.69. The van der Waals surface area contributed by atoms with Crippen LogP contribution in [0.5, 0.6) is 5.75 Å². The van der Waals surface area contributed by atoms with Crippen molar-refractivity contribution in [3.05, 3.63) is 71.6 Å². The van der Waals surface area contributed by atoms with E-state index in [0.29, 0.717) is 12.6 Å². The molecule has 2 aromatic heterocycles. The Hall–Kier alpha value is -3.49. The summed E-state index contributed by atoms with van der Waals surface area (Å²) in [5.74, 6) is 2.25. The van der Waals surface area contributed by atoms with Gasteiger partial charge in [-0.2, -0.15) is 10.1 Å². The number of benzene rings is 2. The molecule has 0 spiro atoms. The van der Waals surface area contributed by atoms with Crippen molar-refractivity contribution < 1.29 is 4.74 Å². The molecular formula is C28H32N6OS. The zero-order valence-electron chi connectivity index (χ0n) is 20.8. The first-order chi connectivity index (χ1) is 17.7. The van der Waals surface area contributed by atoms with Crippen LogP contribution in [0.1, 0.15) is 38.3 Å². The number of hydrazone groups is 1. The van der Waals surface area contributed by atoms with Crippen LogP contribution in [-0.4, -0.2) is 47.3 Å². The summed E-state index contributed by atoms with van der Waals surface area (Å²) in [6, 6.07) is 20.6. The molecule has 0 aliphatic carbocycles. The third-order valence-electron chi connectivity index (χ3n) is 6.41. The van der Waals surface area contributed by atoms with Gasteiger partial charge < -0.3 is 15.0 Å². The fourth-order valence-electron chi connectivity index (χ4n) is 4.41. The summed E-state index contributed by atoms with van der Waals surface area (Å²) in [4.78, 5) is 12.1. The first kappa shape index (κ1) is 24.2. The highest BCUT2D eigenvalue weighted by Gasteiger charge is 2.27. The summed E-state index contributed by atoms with van der Waals surface area (Å²) in [7, 11) is 0. The molecule has 0 amide bonds. The molecule has 36 heavy (non-hydrogen) atoms. The number of nitrogens with one attached hydrogen (secondary N) is 1. The van der Waals surface area contributed by atoms with Gasteiger partial charge in [0.05, 0.1) is 22.9 Å². The topological polar surface area (TPSA) is 65.9 Å². The van der Waals surface area contributed by atoms with Gasteiger partial charge in [-0.15, -0.1) is 11.3 Å². The maximum Gasteiger partial charge on any atom is 0.229 e. The lowest BCUT2D eigenvalue weighted by Crippen LogP contribution is -2.25. The number of fused-ring (bicyclic) bond motifs is 1. The lowest BCUT2D eigenvalue weighted by Gasteiger charge is -2.24. The van der Waals surface area contributed by atoms with Crippen molar-refractivity contribution >= 4 is 45.2 Å². The Bertz CT molecular complexity index is 1290. The van der Waals surface area contributed by atoms with Crippen molar-refractivity contribution in [2.75, 3.05) is 36.6 Å². The van der Waals surface area contributed by atoms with Crippen molar-refractivity contribution in [2.24, 2.45) is 5.10 Å². The minimum absolute atomic E-state index is 0.123. The van der Waals surface area contributed by atoms with Gasteiger partial charge >= 0.3 is 0 Å². The number of hydrogen-bond donors (Lipinski definition) is 1. The summed E-state index contributed by atoms with van der Waals surface area (Å²) in [5.41, 5.74) is 3.05. The van der Waals surface area contributed by atoms with E-state index in [1.807, 2.05) is 47.6 Å². The molecule has 7 nitrogen and oxygen atoms in total. The molecular weight excluding hydrogens is 468 g/mol. The average molecular weight is 501 g/mol. The Morgan fingerprint density at radius 2 is 1.83 bits per heavy atom. The van der Waals surface area contributed by atoms with Crippen molar-refractivity contribution in [3.8, 4) is 5.75 Å². The van der Waals surface area contributed by atoms with Crippen LogP contribution in [0.25, 0.3) is 10.2 Å². The second kappa shape index (κ2) is 11.5. The van der Waals surface area contributed by atoms with Gasteiger partial charge in [0.15, 0.2) is 5.82 Å². The van der Waals surface area contributed by atoms with Gasteiger partial charge in [-0.1, -0.05) is 44.2 Å². The minimum Gasteiger partial charge on any atom is -0.494 e. The third-order valence-corrected chi connectivity index (χ3v) is 7.31. The number of anilines is 3.